The minimum absolute atomic E-state index is 0.294. The minimum Gasteiger partial charge on any atom is -0.490 e. The first-order chi connectivity index (χ1) is 15.0. The summed E-state index contributed by atoms with van der Waals surface area (Å²) in [6, 6.07) is 18.4. The molecule has 5 nitrogen and oxygen atoms in total. The number of hydrazone groups is 1. The smallest absolute Gasteiger partial charge is 0.271 e. The highest BCUT2D eigenvalue weighted by molar-refractivity contribution is 14.1. The third-order valence-electron chi connectivity index (χ3n) is 4.13. The van der Waals surface area contributed by atoms with Gasteiger partial charge in [0.2, 0.25) is 0 Å². The van der Waals surface area contributed by atoms with Gasteiger partial charge < -0.3 is 9.47 Å². The summed E-state index contributed by atoms with van der Waals surface area (Å²) in [5.74, 6) is 0.941. The van der Waals surface area contributed by atoms with Crippen molar-refractivity contribution in [3.8, 4) is 11.5 Å². The highest BCUT2D eigenvalue weighted by Gasteiger charge is 2.13. The van der Waals surface area contributed by atoms with E-state index in [1.807, 2.05) is 49.4 Å². The molecule has 0 unspecified atom stereocenters. The second-order valence-electron chi connectivity index (χ2n) is 6.35. The molecule has 0 aromatic heterocycles. The standard InChI is InChI=1S/C23H19BrClIN2O3/c1-2-30-21-11-15(13-27-28-23(29)16-7-5-8-18(24)12-16)10-20(26)22(21)31-14-17-6-3-4-9-19(17)25/h3-13H,2,14H2,1H3,(H,28,29)/b27-13-. The minimum atomic E-state index is -0.294. The first-order valence-electron chi connectivity index (χ1n) is 9.39. The van der Waals surface area contributed by atoms with Crippen LogP contribution in [0.25, 0.3) is 0 Å². The van der Waals surface area contributed by atoms with Crippen LogP contribution in [-0.2, 0) is 6.61 Å². The number of hydrogen-bond acceptors (Lipinski definition) is 4. The monoisotopic (exact) mass is 612 g/mol. The van der Waals surface area contributed by atoms with Gasteiger partial charge in [0, 0.05) is 20.6 Å². The first kappa shape index (κ1) is 23.6. The Hall–Kier alpha value is -2.10. The third-order valence-corrected chi connectivity index (χ3v) is 5.79. The zero-order valence-corrected chi connectivity index (χ0v) is 21.1. The van der Waals surface area contributed by atoms with Crippen molar-refractivity contribution in [2.24, 2.45) is 5.10 Å². The van der Waals surface area contributed by atoms with E-state index in [9.17, 15) is 4.79 Å². The zero-order valence-electron chi connectivity index (χ0n) is 16.6. The van der Waals surface area contributed by atoms with Crippen LogP contribution in [0.5, 0.6) is 11.5 Å². The molecular formula is C23H19BrClIN2O3. The van der Waals surface area contributed by atoms with Crippen LogP contribution < -0.4 is 14.9 Å². The van der Waals surface area contributed by atoms with Gasteiger partial charge in [-0.1, -0.05) is 51.8 Å². The molecule has 1 amide bonds. The summed E-state index contributed by atoms with van der Waals surface area (Å²) in [4.78, 5) is 12.2. The number of ether oxygens (including phenoxy) is 2. The molecular weight excluding hydrogens is 595 g/mol. The molecule has 1 N–H and O–H groups in total. The van der Waals surface area contributed by atoms with Crippen molar-refractivity contribution in [1.82, 2.24) is 5.43 Å². The van der Waals surface area contributed by atoms with E-state index in [2.05, 4.69) is 49.0 Å². The Bertz CT molecular complexity index is 1110. The van der Waals surface area contributed by atoms with Crippen LogP contribution >= 0.6 is 50.1 Å². The lowest BCUT2D eigenvalue weighted by Crippen LogP contribution is -2.17. The number of carbonyl (C=O) groups excluding carboxylic acids is 1. The Kier molecular flexibility index (Phi) is 8.74. The second-order valence-corrected chi connectivity index (χ2v) is 8.84. The van der Waals surface area contributed by atoms with Crippen LogP contribution in [0, 0.1) is 3.57 Å². The van der Waals surface area contributed by atoms with Crippen molar-refractivity contribution in [2.45, 2.75) is 13.5 Å². The molecule has 3 rings (SSSR count). The van der Waals surface area contributed by atoms with Gasteiger partial charge in [0.1, 0.15) is 6.61 Å². The Morgan fingerprint density at radius 2 is 1.97 bits per heavy atom. The number of benzene rings is 3. The summed E-state index contributed by atoms with van der Waals surface area (Å²) in [6.45, 7) is 2.72. The van der Waals surface area contributed by atoms with Crippen molar-refractivity contribution >= 4 is 62.2 Å². The van der Waals surface area contributed by atoms with Crippen LogP contribution in [0.1, 0.15) is 28.4 Å². The molecule has 3 aromatic carbocycles. The first-order valence-corrected chi connectivity index (χ1v) is 11.6. The summed E-state index contributed by atoms with van der Waals surface area (Å²) < 4.78 is 13.5. The Balaban J connectivity index is 1.73. The highest BCUT2D eigenvalue weighted by atomic mass is 127. The molecule has 0 aliphatic rings. The average Bonchev–Trinajstić information content (AvgIpc) is 2.74. The molecule has 0 heterocycles. The lowest BCUT2D eigenvalue weighted by atomic mass is 10.2. The van der Waals surface area contributed by atoms with Crippen LogP contribution in [0.2, 0.25) is 5.02 Å². The number of halogens is 3. The molecule has 0 aliphatic heterocycles. The van der Waals surface area contributed by atoms with E-state index in [-0.39, 0.29) is 5.91 Å². The Morgan fingerprint density at radius 3 is 2.71 bits per heavy atom. The molecule has 0 aliphatic carbocycles. The number of carbonyl (C=O) groups is 1. The normalized spacial score (nSPS) is 10.8. The lowest BCUT2D eigenvalue weighted by molar-refractivity contribution is 0.0955. The third kappa shape index (κ3) is 6.69. The molecule has 0 fully saturated rings. The fraction of sp³-hybridized carbons (Fsp3) is 0.130. The molecule has 31 heavy (non-hydrogen) atoms. The van der Waals surface area contributed by atoms with Crippen molar-refractivity contribution in [3.63, 3.8) is 0 Å². The fourth-order valence-corrected chi connectivity index (χ4v) is 4.06. The molecule has 0 radical (unpaired) electrons. The molecule has 0 saturated heterocycles. The van der Waals surface area contributed by atoms with E-state index >= 15 is 0 Å². The van der Waals surface area contributed by atoms with E-state index in [1.54, 1.807) is 24.4 Å². The number of hydrogen-bond donors (Lipinski definition) is 1. The van der Waals surface area contributed by atoms with Crippen molar-refractivity contribution in [1.29, 1.82) is 0 Å². The molecule has 0 spiro atoms. The van der Waals surface area contributed by atoms with E-state index in [1.165, 1.54) is 0 Å². The number of nitrogens with zero attached hydrogens (tertiary/aromatic N) is 1. The van der Waals surface area contributed by atoms with Gasteiger partial charge in [0.25, 0.3) is 5.91 Å². The number of amides is 1. The lowest BCUT2D eigenvalue weighted by Gasteiger charge is -2.15. The van der Waals surface area contributed by atoms with Gasteiger partial charge in [-0.25, -0.2) is 5.43 Å². The van der Waals surface area contributed by atoms with Gasteiger partial charge in [-0.3, -0.25) is 4.79 Å². The van der Waals surface area contributed by atoms with Crippen LogP contribution in [0.4, 0.5) is 0 Å². The number of nitrogens with one attached hydrogen (secondary N) is 1. The maximum Gasteiger partial charge on any atom is 0.271 e. The fourth-order valence-electron chi connectivity index (χ4n) is 2.69. The summed E-state index contributed by atoms with van der Waals surface area (Å²) in [6.07, 6.45) is 1.57. The number of rotatable bonds is 8. The van der Waals surface area contributed by atoms with Crippen molar-refractivity contribution < 1.29 is 14.3 Å². The zero-order chi connectivity index (χ0) is 22.2. The average molecular weight is 614 g/mol. The van der Waals surface area contributed by atoms with Crippen molar-refractivity contribution in [2.75, 3.05) is 6.61 Å². The van der Waals surface area contributed by atoms with Crippen LogP contribution in [0.15, 0.2) is 70.2 Å². The van der Waals surface area contributed by atoms with Crippen LogP contribution in [-0.4, -0.2) is 18.7 Å². The van der Waals surface area contributed by atoms with Gasteiger partial charge in [-0.05, 0) is 71.5 Å². The quantitative estimate of drug-likeness (QED) is 0.181. The molecule has 0 atom stereocenters. The maximum atomic E-state index is 12.2. The summed E-state index contributed by atoms with van der Waals surface area (Å²) >= 11 is 11.8. The summed E-state index contributed by atoms with van der Waals surface area (Å²) in [5, 5.41) is 4.72. The molecule has 0 bridgehead atoms. The van der Waals surface area contributed by atoms with E-state index in [4.69, 9.17) is 21.1 Å². The van der Waals surface area contributed by atoms with E-state index < -0.39 is 0 Å². The largest absolute Gasteiger partial charge is 0.490 e. The topological polar surface area (TPSA) is 59.9 Å². The van der Waals surface area contributed by atoms with Gasteiger partial charge in [0.15, 0.2) is 11.5 Å². The summed E-state index contributed by atoms with van der Waals surface area (Å²) in [7, 11) is 0. The molecule has 0 saturated carbocycles. The second kappa shape index (κ2) is 11.5. The predicted octanol–water partition coefficient (Wildman–Crippen LogP) is 6.45. The Labute approximate surface area is 208 Å². The van der Waals surface area contributed by atoms with Gasteiger partial charge >= 0.3 is 0 Å². The molecule has 8 heteroatoms. The predicted molar refractivity (Wildman–Crippen MR) is 135 cm³/mol. The summed E-state index contributed by atoms with van der Waals surface area (Å²) in [5.41, 5.74) is 4.71. The van der Waals surface area contributed by atoms with Crippen molar-refractivity contribution in [3.05, 3.63) is 90.4 Å². The van der Waals surface area contributed by atoms with E-state index in [0.717, 1.165) is 19.2 Å². The van der Waals surface area contributed by atoms with E-state index in [0.29, 0.717) is 35.3 Å². The maximum absolute atomic E-state index is 12.2. The highest BCUT2D eigenvalue weighted by Crippen LogP contribution is 2.35. The van der Waals surface area contributed by atoms with Gasteiger partial charge in [-0.15, -0.1) is 0 Å². The Morgan fingerprint density at radius 1 is 1.16 bits per heavy atom. The molecule has 3 aromatic rings. The molecule has 160 valence electrons. The van der Waals surface area contributed by atoms with Gasteiger partial charge in [0.05, 0.1) is 16.4 Å². The van der Waals surface area contributed by atoms with Gasteiger partial charge in [-0.2, -0.15) is 5.10 Å². The SMILES string of the molecule is CCOc1cc(/C=N\NC(=O)c2cccc(Br)c2)cc(I)c1OCc1ccccc1Cl. The van der Waals surface area contributed by atoms with Crippen LogP contribution in [0.3, 0.4) is 0 Å².